The molecule has 0 aromatic carbocycles. The third kappa shape index (κ3) is 2.10. The molecule has 5 heteroatoms. The average Bonchev–Trinajstić information content (AvgIpc) is 2.25. The highest BCUT2D eigenvalue weighted by Crippen LogP contribution is 2.30. The molecule has 2 aromatic rings. The molecule has 2 N–H and O–H groups in total. The van der Waals surface area contributed by atoms with Gasteiger partial charge in [-0.1, -0.05) is 23.2 Å². The fourth-order valence-corrected chi connectivity index (χ4v) is 1.76. The first-order chi connectivity index (χ1) is 7.58. The number of pyridine rings is 2. The van der Waals surface area contributed by atoms with Gasteiger partial charge in [-0.05, 0) is 25.1 Å². The molecule has 0 spiro atoms. The number of anilines is 1. The summed E-state index contributed by atoms with van der Waals surface area (Å²) in [7, 11) is 0. The molecule has 0 fully saturated rings. The third-order valence-corrected chi connectivity index (χ3v) is 2.73. The van der Waals surface area contributed by atoms with Crippen molar-refractivity contribution in [3.05, 3.63) is 40.1 Å². The molecular formula is C11H9Cl2N3. The van der Waals surface area contributed by atoms with E-state index in [9.17, 15) is 0 Å². The molecule has 82 valence electrons. The van der Waals surface area contributed by atoms with Gasteiger partial charge < -0.3 is 5.73 Å². The Morgan fingerprint density at radius 1 is 1.19 bits per heavy atom. The van der Waals surface area contributed by atoms with E-state index < -0.39 is 0 Å². The zero-order valence-corrected chi connectivity index (χ0v) is 10.0. The van der Waals surface area contributed by atoms with Crippen LogP contribution in [-0.2, 0) is 0 Å². The first kappa shape index (κ1) is 11.2. The summed E-state index contributed by atoms with van der Waals surface area (Å²) in [6, 6.07) is 5.36. The molecule has 0 aliphatic rings. The number of aryl methyl sites for hydroxylation is 1. The number of rotatable bonds is 1. The summed E-state index contributed by atoms with van der Waals surface area (Å²) >= 11 is 11.9. The summed E-state index contributed by atoms with van der Waals surface area (Å²) in [4.78, 5) is 8.32. The molecule has 16 heavy (non-hydrogen) atoms. The van der Waals surface area contributed by atoms with Crippen molar-refractivity contribution in [3.8, 4) is 11.3 Å². The van der Waals surface area contributed by atoms with Gasteiger partial charge in [0.25, 0.3) is 0 Å². The molecule has 0 aliphatic carbocycles. The second kappa shape index (κ2) is 4.28. The smallest absolute Gasteiger partial charge is 0.143 e. The molecular weight excluding hydrogens is 245 g/mol. The van der Waals surface area contributed by atoms with Crippen molar-refractivity contribution < 1.29 is 0 Å². The highest BCUT2D eigenvalue weighted by Gasteiger charge is 2.09. The van der Waals surface area contributed by atoms with E-state index >= 15 is 0 Å². The Kier molecular flexibility index (Phi) is 2.99. The van der Waals surface area contributed by atoms with Crippen LogP contribution >= 0.6 is 23.2 Å². The van der Waals surface area contributed by atoms with Gasteiger partial charge in [0.1, 0.15) is 5.82 Å². The first-order valence-electron chi connectivity index (χ1n) is 4.62. The van der Waals surface area contributed by atoms with Gasteiger partial charge >= 0.3 is 0 Å². The predicted octanol–water partition coefficient (Wildman–Crippen LogP) is 3.34. The van der Waals surface area contributed by atoms with Crippen molar-refractivity contribution in [3.63, 3.8) is 0 Å². The lowest BCUT2D eigenvalue weighted by Crippen LogP contribution is -1.95. The molecule has 0 bridgehead atoms. The van der Waals surface area contributed by atoms with Crippen LogP contribution in [0.15, 0.2) is 24.4 Å². The Labute approximate surface area is 103 Å². The van der Waals surface area contributed by atoms with E-state index in [-0.39, 0.29) is 5.82 Å². The van der Waals surface area contributed by atoms with Gasteiger partial charge in [0.2, 0.25) is 0 Å². The quantitative estimate of drug-likeness (QED) is 0.849. The van der Waals surface area contributed by atoms with Crippen LogP contribution in [0.5, 0.6) is 0 Å². The highest BCUT2D eigenvalue weighted by molar-refractivity contribution is 6.37. The van der Waals surface area contributed by atoms with E-state index in [2.05, 4.69) is 9.97 Å². The minimum atomic E-state index is 0.265. The Hall–Kier alpha value is -1.32. The van der Waals surface area contributed by atoms with Crippen LogP contribution in [0.4, 0.5) is 5.82 Å². The fraction of sp³-hybridized carbons (Fsp3) is 0.0909. The lowest BCUT2D eigenvalue weighted by molar-refractivity contribution is 1.19. The normalized spacial score (nSPS) is 10.4. The summed E-state index contributed by atoms with van der Waals surface area (Å²) in [6.45, 7) is 1.91. The van der Waals surface area contributed by atoms with Crippen molar-refractivity contribution in [1.82, 2.24) is 9.97 Å². The minimum absolute atomic E-state index is 0.265. The summed E-state index contributed by atoms with van der Waals surface area (Å²) in [5.74, 6) is 0.265. The zero-order valence-electron chi connectivity index (χ0n) is 8.54. The van der Waals surface area contributed by atoms with Crippen LogP contribution in [-0.4, -0.2) is 9.97 Å². The van der Waals surface area contributed by atoms with Crippen LogP contribution in [0.25, 0.3) is 11.3 Å². The van der Waals surface area contributed by atoms with E-state index in [1.807, 2.05) is 19.1 Å². The SMILES string of the molecule is Cc1ccc(-c2nc(N)c(Cl)cc2Cl)cn1. The molecule has 0 atom stereocenters. The highest BCUT2D eigenvalue weighted by atomic mass is 35.5. The van der Waals surface area contributed by atoms with Crippen molar-refractivity contribution >= 4 is 29.0 Å². The molecule has 2 aromatic heterocycles. The maximum absolute atomic E-state index is 6.05. The molecule has 0 unspecified atom stereocenters. The zero-order chi connectivity index (χ0) is 11.7. The molecule has 2 rings (SSSR count). The second-order valence-electron chi connectivity index (χ2n) is 3.37. The maximum Gasteiger partial charge on any atom is 0.143 e. The van der Waals surface area contributed by atoms with Gasteiger partial charge in [-0.2, -0.15) is 0 Å². The number of nitrogens with zero attached hydrogens (tertiary/aromatic N) is 2. The van der Waals surface area contributed by atoms with Crippen LogP contribution in [0, 0.1) is 6.92 Å². The van der Waals surface area contributed by atoms with Crippen LogP contribution in [0.1, 0.15) is 5.69 Å². The number of nitrogen functional groups attached to an aromatic ring is 1. The Morgan fingerprint density at radius 3 is 2.56 bits per heavy atom. The van der Waals surface area contributed by atoms with Crippen LogP contribution in [0.2, 0.25) is 10.0 Å². The van der Waals surface area contributed by atoms with Gasteiger partial charge in [-0.15, -0.1) is 0 Å². The molecule has 0 radical (unpaired) electrons. The number of aromatic nitrogens is 2. The fourth-order valence-electron chi connectivity index (χ4n) is 1.29. The largest absolute Gasteiger partial charge is 0.382 e. The number of halogens is 2. The van der Waals surface area contributed by atoms with Crippen molar-refractivity contribution in [2.75, 3.05) is 5.73 Å². The van der Waals surface area contributed by atoms with Gasteiger partial charge in [0.15, 0.2) is 0 Å². The topological polar surface area (TPSA) is 51.8 Å². The van der Waals surface area contributed by atoms with E-state index in [0.717, 1.165) is 11.3 Å². The molecule has 0 saturated carbocycles. The molecule has 0 amide bonds. The maximum atomic E-state index is 6.05. The van der Waals surface area contributed by atoms with Gasteiger partial charge in [0.05, 0.1) is 15.7 Å². The van der Waals surface area contributed by atoms with Gasteiger partial charge in [0, 0.05) is 17.5 Å². The summed E-state index contributed by atoms with van der Waals surface area (Å²) < 4.78 is 0. The Morgan fingerprint density at radius 2 is 1.94 bits per heavy atom. The second-order valence-corrected chi connectivity index (χ2v) is 4.19. The summed E-state index contributed by atoms with van der Waals surface area (Å²) in [6.07, 6.45) is 1.71. The number of hydrogen-bond donors (Lipinski definition) is 1. The van der Waals surface area contributed by atoms with Crippen LogP contribution < -0.4 is 5.73 Å². The predicted molar refractivity (Wildman–Crippen MR) is 66.6 cm³/mol. The summed E-state index contributed by atoms with van der Waals surface area (Å²) in [5, 5.41) is 0.818. The lowest BCUT2D eigenvalue weighted by Gasteiger charge is -2.06. The van der Waals surface area contributed by atoms with E-state index in [0.29, 0.717) is 15.7 Å². The molecule has 0 saturated heterocycles. The standard InChI is InChI=1S/C11H9Cl2N3/c1-6-2-3-7(5-15-6)10-8(12)4-9(13)11(14)16-10/h2-5H,1H3,(H2,14,16). The van der Waals surface area contributed by atoms with Crippen LogP contribution in [0.3, 0.4) is 0 Å². The number of hydrogen-bond acceptors (Lipinski definition) is 3. The van der Waals surface area contributed by atoms with E-state index in [1.165, 1.54) is 0 Å². The average molecular weight is 254 g/mol. The van der Waals surface area contributed by atoms with Gasteiger partial charge in [-0.3, -0.25) is 4.98 Å². The van der Waals surface area contributed by atoms with Crippen molar-refractivity contribution in [1.29, 1.82) is 0 Å². The molecule has 0 aliphatic heterocycles. The van der Waals surface area contributed by atoms with Crippen molar-refractivity contribution in [2.45, 2.75) is 6.92 Å². The number of nitrogens with two attached hydrogens (primary N) is 1. The van der Waals surface area contributed by atoms with Gasteiger partial charge in [-0.25, -0.2) is 4.98 Å². The Bertz CT molecular complexity index is 523. The monoisotopic (exact) mass is 253 g/mol. The van der Waals surface area contributed by atoms with Crippen molar-refractivity contribution in [2.24, 2.45) is 0 Å². The molecule has 2 heterocycles. The van der Waals surface area contributed by atoms with E-state index in [1.54, 1.807) is 12.3 Å². The molecule has 3 nitrogen and oxygen atoms in total. The summed E-state index contributed by atoms with van der Waals surface area (Å²) in [5.41, 5.74) is 7.98. The lowest BCUT2D eigenvalue weighted by atomic mass is 10.2. The Balaban J connectivity index is 2.56. The van der Waals surface area contributed by atoms with E-state index in [4.69, 9.17) is 28.9 Å². The third-order valence-electron chi connectivity index (χ3n) is 2.14. The minimum Gasteiger partial charge on any atom is -0.382 e. The first-order valence-corrected chi connectivity index (χ1v) is 5.38.